The first kappa shape index (κ1) is 27.6. The summed E-state index contributed by atoms with van der Waals surface area (Å²) < 4.78 is 16.8. The lowest BCUT2D eigenvalue weighted by molar-refractivity contribution is -0.155. The number of esters is 1. The van der Waals surface area contributed by atoms with Crippen molar-refractivity contribution >= 4 is 17.8 Å². The molecule has 1 aromatic carbocycles. The number of ether oxygens (including phenoxy) is 3. The standard InChI is InChI=1S/C26H40N2O6/c1-24(2,3)14-15-27-23(31)26(13-12-21(30)34-25(4,5)6)18-33-22(28-26)19-8-10-20(11-9-19)32-17-7-16-29/h8-11,29H,7,12-18H2,1-6H3,(H,27,31)/t26-/m1/s1. The maximum Gasteiger partial charge on any atom is 0.306 e. The van der Waals surface area contributed by atoms with Gasteiger partial charge in [0.15, 0.2) is 5.54 Å². The van der Waals surface area contributed by atoms with Crippen LogP contribution in [0.1, 0.15) is 72.8 Å². The van der Waals surface area contributed by atoms with Gasteiger partial charge in [-0.25, -0.2) is 4.99 Å². The van der Waals surface area contributed by atoms with Crippen molar-refractivity contribution in [3.05, 3.63) is 29.8 Å². The van der Waals surface area contributed by atoms with Gasteiger partial charge in [0.25, 0.3) is 5.91 Å². The highest BCUT2D eigenvalue weighted by Gasteiger charge is 2.44. The summed E-state index contributed by atoms with van der Waals surface area (Å²) >= 11 is 0. The highest BCUT2D eigenvalue weighted by atomic mass is 16.6. The van der Waals surface area contributed by atoms with Gasteiger partial charge in [-0.3, -0.25) is 9.59 Å². The van der Waals surface area contributed by atoms with Gasteiger partial charge < -0.3 is 24.6 Å². The molecule has 0 fully saturated rings. The Balaban J connectivity index is 2.16. The number of aliphatic hydroxyl groups excluding tert-OH is 1. The monoisotopic (exact) mass is 476 g/mol. The summed E-state index contributed by atoms with van der Waals surface area (Å²) in [6, 6.07) is 7.22. The normalized spacial score (nSPS) is 18.1. The maximum absolute atomic E-state index is 13.2. The first-order valence-electron chi connectivity index (χ1n) is 11.9. The lowest BCUT2D eigenvalue weighted by Crippen LogP contribution is -2.47. The van der Waals surface area contributed by atoms with Crippen LogP contribution in [0.15, 0.2) is 29.3 Å². The Morgan fingerprint density at radius 3 is 2.41 bits per heavy atom. The minimum atomic E-state index is -1.19. The summed E-state index contributed by atoms with van der Waals surface area (Å²) in [6.45, 7) is 12.9. The first-order chi connectivity index (χ1) is 15.8. The van der Waals surface area contributed by atoms with Gasteiger partial charge in [0.05, 0.1) is 6.61 Å². The van der Waals surface area contributed by atoms with Crippen molar-refractivity contribution in [3.8, 4) is 5.75 Å². The molecule has 1 atom stereocenters. The molecule has 0 radical (unpaired) electrons. The van der Waals surface area contributed by atoms with Crippen molar-refractivity contribution in [2.45, 2.75) is 78.4 Å². The molecule has 0 saturated heterocycles. The molecule has 0 unspecified atom stereocenters. The SMILES string of the molecule is CC(C)(C)CCNC(=O)[C@@]1(CCC(=O)OC(C)(C)C)COC(c2ccc(OCCCO)cc2)=N1. The van der Waals surface area contributed by atoms with E-state index in [1.165, 1.54) is 0 Å². The van der Waals surface area contributed by atoms with Gasteiger partial charge >= 0.3 is 5.97 Å². The molecular formula is C26H40N2O6. The highest BCUT2D eigenvalue weighted by molar-refractivity contribution is 6.00. The fourth-order valence-electron chi connectivity index (χ4n) is 3.32. The summed E-state index contributed by atoms with van der Waals surface area (Å²) in [6.07, 6.45) is 1.62. The number of hydrogen-bond donors (Lipinski definition) is 2. The zero-order valence-electron chi connectivity index (χ0n) is 21.4. The summed E-state index contributed by atoms with van der Waals surface area (Å²) in [4.78, 5) is 30.3. The summed E-state index contributed by atoms with van der Waals surface area (Å²) in [5.74, 6) is 0.408. The Kier molecular flexibility index (Phi) is 9.50. The molecule has 0 aliphatic carbocycles. The van der Waals surface area contributed by atoms with Crippen LogP contribution in [-0.4, -0.2) is 60.4 Å². The van der Waals surface area contributed by atoms with E-state index >= 15 is 0 Å². The molecule has 34 heavy (non-hydrogen) atoms. The molecule has 1 amide bonds. The first-order valence-corrected chi connectivity index (χ1v) is 11.9. The van der Waals surface area contributed by atoms with E-state index in [1.54, 1.807) is 12.1 Å². The quantitative estimate of drug-likeness (QED) is 0.373. The van der Waals surface area contributed by atoms with E-state index in [1.807, 2.05) is 32.9 Å². The molecule has 1 aliphatic rings. The fourth-order valence-corrected chi connectivity index (χ4v) is 3.32. The van der Waals surface area contributed by atoms with Crippen LogP contribution >= 0.6 is 0 Å². The van der Waals surface area contributed by atoms with Crippen molar-refractivity contribution in [3.63, 3.8) is 0 Å². The third-order valence-electron chi connectivity index (χ3n) is 5.18. The van der Waals surface area contributed by atoms with Gasteiger partial charge in [-0.1, -0.05) is 20.8 Å². The number of carbonyl (C=O) groups excluding carboxylic acids is 2. The Labute approximate surface area is 203 Å². The maximum atomic E-state index is 13.2. The summed E-state index contributed by atoms with van der Waals surface area (Å²) in [7, 11) is 0. The molecule has 1 heterocycles. The zero-order chi connectivity index (χ0) is 25.4. The van der Waals surface area contributed by atoms with Crippen LogP contribution in [0.25, 0.3) is 0 Å². The number of nitrogens with one attached hydrogen (secondary N) is 1. The Bertz CT molecular complexity index is 852. The van der Waals surface area contributed by atoms with Crippen LogP contribution < -0.4 is 10.1 Å². The minimum Gasteiger partial charge on any atom is -0.494 e. The van der Waals surface area contributed by atoms with Gasteiger partial charge in [0, 0.05) is 31.6 Å². The fraction of sp³-hybridized carbons (Fsp3) is 0.654. The number of nitrogens with zero attached hydrogens (tertiary/aromatic N) is 1. The van der Waals surface area contributed by atoms with Crippen LogP contribution in [0.4, 0.5) is 0 Å². The van der Waals surface area contributed by atoms with Crippen molar-refractivity contribution in [1.29, 1.82) is 0 Å². The predicted molar refractivity (Wildman–Crippen MR) is 131 cm³/mol. The van der Waals surface area contributed by atoms with E-state index in [-0.39, 0.29) is 43.3 Å². The number of aliphatic hydroxyl groups is 1. The smallest absolute Gasteiger partial charge is 0.306 e. The van der Waals surface area contributed by atoms with E-state index in [0.29, 0.717) is 31.2 Å². The topological polar surface area (TPSA) is 106 Å². The zero-order valence-corrected chi connectivity index (χ0v) is 21.4. The molecule has 2 rings (SSSR count). The second-order valence-corrected chi connectivity index (χ2v) is 10.8. The number of carbonyl (C=O) groups is 2. The van der Waals surface area contributed by atoms with Crippen LogP contribution in [-0.2, 0) is 19.1 Å². The lowest BCUT2D eigenvalue weighted by Gasteiger charge is -2.25. The van der Waals surface area contributed by atoms with Crippen molar-refractivity contribution in [1.82, 2.24) is 5.32 Å². The largest absolute Gasteiger partial charge is 0.494 e. The third-order valence-corrected chi connectivity index (χ3v) is 5.18. The van der Waals surface area contributed by atoms with E-state index in [4.69, 9.17) is 19.3 Å². The van der Waals surface area contributed by atoms with E-state index < -0.39 is 11.1 Å². The average Bonchev–Trinajstić information content (AvgIpc) is 3.17. The van der Waals surface area contributed by atoms with E-state index in [9.17, 15) is 9.59 Å². The van der Waals surface area contributed by atoms with Gasteiger partial charge in [0.2, 0.25) is 5.90 Å². The van der Waals surface area contributed by atoms with Crippen molar-refractivity contribution in [2.24, 2.45) is 10.4 Å². The molecule has 1 aromatic rings. The molecule has 8 nitrogen and oxygen atoms in total. The highest BCUT2D eigenvalue weighted by Crippen LogP contribution is 2.29. The van der Waals surface area contributed by atoms with Gasteiger partial charge in [-0.2, -0.15) is 0 Å². The average molecular weight is 477 g/mol. The van der Waals surface area contributed by atoms with E-state index in [2.05, 4.69) is 31.1 Å². The lowest BCUT2D eigenvalue weighted by atomic mass is 9.91. The molecule has 0 saturated carbocycles. The second-order valence-electron chi connectivity index (χ2n) is 10.8. The summed E-state index contributed by atoms with van der Waals surface area (Å²) in [5, 5.41) is 11.9. The molecule has 0 spiro atoms. The van der Waals surface area contributed by atoms with Crippen LogP contribution in [0.5, 0.6) is 5.75 Å². The Hall–Kier alpha value is -2.61. The van der Waals surface area contributed by atoms with E-state index in [0.717, 1.165) is 12.0 Å². The number of hydrogen-bond acceptors (Lipinski definition) is 7. The van der Waals surface area contributed by atoms with Crippen LogP contribution in [0.3, 0.4) is 0 Å². The number of aliphatic imine (C=N–C) groups is 1. The third kappa shape index (κ3) is 8.97. The molecule has 1 aliphatic heterocycles. The Morgan fingerprint density at radius 2 is 1.82 bits per heavy atom. The molecule has 0 bridgehead atoms. The molecule has 8 heteroatoms. The van der Waals surface area contributed by atoms with Gasteiger partial charge in [-0.15, -0.1) is 0 Å². The molecule has 190 valence electrons. The number of amides is 1. The Morgan fingerprint density at radius 1 is 1.15 bits per heavy atom. The second kappa shape index (κ2) is 11.7. The van der Waals surface area contributed by atoms with Crippen LogP contribution in [0, 0.1) is 5.41 Å². The minimum absolute atomic E-state index is 0.0568. The van der Waals surface area contributed by atoms with Gasteiger partial charge in [-0.05, 0) is 63.3 Å². The molecule has 2 N–H and O–H groups in total. The van der Waals surface area contributed by atoms with Crippen molar-refractivity contribution < 1.29 is 28.9 Å². The van der Waals surface area contributed by atoms with Crippen molar-refractivity contribution in [2.75, 3.05) is 26.4 Å². The van der Waals surface area contributed by atoms with Crippen LogP contribution in [0.2, 0.25) is 0 Å². The predicted octanol–water partition coefficient (Wildman–Crippen LogP) is 3.64. The number of rotatable bonds is 11. The van der Waals surface area contributed by atoms with Gasteiger partial charge in [0.1, 0.15) is 18.0 Å². The summed E-state index contributed by atoms with van der Waals surface area (Å²) in [5.41, 5.74) is -0.990. The molecular weight excluding hydrogens is 436 g/mol. The molecule has 0 aromatic heterocycles. The number of benzene rings is 1.